The standard InChI is InChI=1S/C21H24N4O4/c1-2-3-11-21(23-24-21)12-8-18(26)22-17-6-4-15(5-7-17)19(27)25-13-9-16(10-14-25)20(28)29/h1,4-7,16H,3,8-14H2,(H,22,26)(H,28,29). The van der Waals surface area contributed by atoms with Crippen molar-refractivity contribution in [3.05, 3.63) is 29.8 Å². The number of carboxylic acids is 1. The number of carboxylic acid groups (broad SMARTS) is 1. The van der Waals surface area contributed by atoms with Crippen LogP contribution in [-0.2, 0) is 9.59 Å². The molecular weight excluding hydrogens is 372 g/mol. The molecule has 0 bridgehead atoms. The van der Waals surface area contributed by atoms with Crippen molar-refractivity contribution in [1.29, 1.82) is 0 Å². The summed E-state index contributed by atoms with van der Waals surface area (Å²) in [7, 11) is 0. The molecule has 0 unspecified atom stereocenters. The minimum absolute atomic E-state index is 0.126. The molecular formula is C21H24N4O4. The molecule has 29 heavy (non-hydrogen) atoms. The second kappa shape index (κ2) is 8.86. The number of terminal acetylenes is 1. The van der Waals surface area contributed by atoms with Crippen LogP contribution in [0.25, 0.3) is 0 Å². The molecule has 2 N–H and O–H groups in total. The fourth-order valence-electron chi connectivity index (χ4n) is 3.41. The number of carbonyl (C=O) groups is 3. The van der Waals surface area contributed by atoms with Gasteiger partial charge < -0.3 is 15.3 Å². The van der Waals surface area contributed by atoms with Gasteiger partial charge in [-0.2, -0.15) is 10.2 Å². The fraction of sp³-hybridized carbons (Fsp3) is 0.476. The molecule has 1 fully saturated rings. The van der Waals surface area contributed by atoms with Gasteiger partial charge in [-0.3, -0.25) is 14.4 Å². The third-order valence-electron chi connectivity index (χ3n) is 5.35. The van der Waals surface area contributed by atoms with Crippen molar-refractivity contribution in [3.8, 4) is 12.3 Å². The summed E-state index contributed by atoms with van der Waals surface area (Å²) >= 11 is 0. The zero-order valence-electron chi connectivity index (χ0n) is 16.1. The summed E-state index contributed by atoms with van der Waals surface area (Å²) in [6, 6.07) is 6.71. The van der Waals surface area contributed by atoms with E-state index in [-0.39, 0.29) is 24.2 Å². The van der Waals surface area contributed by atoms with Gasteiger partial charge in [-0.1, -0.05) is 0 Å². The normalized spacial score (nSPS) is 17.4. The molecule has 1 aromatic carbocycles. The highest BCUT2D eigenvalue weighted by Gasteiger charge is 2.39. The molecule has 0 spiro atoms. The quantitative estimate of drug-likeness (QED) is 0.658. The number of benzene rings is 1. The SMILES string of the molecule is C#CCCC1(CCC(=O)Nc2ccc(C(=O)N3CCC(C(=O)O)CC3)cc2)N=N1. The van der Waals surface area contributed by atoms with Crippen LogP contribution in [0.4, 0.5) is 5.69 Å². The van der Waals surface area contributed by atoms with E-state index in [1.807, 2.05) is 0 Å². The highest BCUT2D eigenvalue weighted by molar-refractivity contribution is 5.96. The minimum atomic E-state index is -0.803. The lowest BCUT2D eigenvalue weighted by molar-refractivity contribution is -0.143. The molecule has 8 heteroatoms. The number of likely N-dealkylation sites (tertiary alicyclic amines) is 1. The smallest absolute Gasteiger partial charge is 0.306 e. The summed E-state index contributed by atoms with van der Waals surface area (Å²) in [6.07, 6.45) is 8.26. The number of anilines is 1. The molecule has 2 aliphatic heterocycles. The molecule has 0 radical (unpaired) electrons. The van der Waals surface area contributed by atoms with E-state index in [9.17, 15) is 14.4 Å². The van der Waals surface area contributed by atoms with Crippen molar-refractivity contribution >= 4 is 23.5 Å². The van der Waals surface area contributed by atoms with Crippen LogP contribution < -0.4 is 5.32 Å². The van der Waals surface area contributed by atoms with E-state index in [1.54, 1.807) is 29.2 Å². The highest BCUT2D eigenvalue weighted by Crippen LogP contribution is 2.37. The van der Waals surface area contributed by atoms with Gasteiger partial charge in [-0.25, -0.2) is 0 Å². The molecule has 0 saturated carbocycles. The molecule has 1 saturated heterocycles. The molecule has 2 amide bonds. The van der Waals surface area contributed by atoms with E-state index in [0.717, 1.165) is 0 Å². The Bertz CT molecular complexity index is 842. The monoisotopic (exact) mass is 396 g/mol. The fourth-order valence-corrected chi connectivity index (χ4v) is 3.41. The average molecular weight is 396 g/mol. The Hall–Kier alpha value is -3.21. The Morgan fingerprint density at radius 3 is 2.38 bits per heavy atom. The zero-order chi connectivity index (χ0) is 20.9. The summed E-state index contributed by atoms with van der Waals surface area (Å²) in [5, 5.41) is 19.9. The van der Waals surface area contributed by atoms with E-state index in [0.29, 0.717) is 56.4 Å². The van der Waals surface area contributed by atoms with E-state index in [2.05, 4.69) is 21.5 Å². The van der Waals surface area contributed by atoms with Crippen LogP contribution in [0.15, 0.2) is 34.5 Å². The van der Waals surface area contributed by atoms with Crippen LogP contribution in [0.2, 0.25) is 0 Å². The number of hydrogen-bond acceptors (Lipinski definition) is 5. The van der Waals surface area contributed by atoms with Crippen LogP contribution in [-0.4, -0.2) is 46.5 Å². The first-order chi connectivity index (χ1) is 13.9. The zero-order valence-corrected chi connectivity index (χ0v) is 16.1. The van der Waals surface area contributed by atoms with Gasteiger partial charge in [0.05, 0.1) is 5.92 Å². The van der Waals surface area contributed by atoms with Crippen molar-refractivity contribution in [3.63, 3.8) is 0 Å². The van der Waals surface area contributed by atoms with Crippen LogP contribution in [0, 0.1) is 18.3 Å². The van der Waals surface area contributed by atoms with Gasteiger partial charge >= 0.3 is 5.97 Å². The Labute approximate surface area is 169 Å². The van der Waals surface area contributed by atoms with Gasteiger partial charge in [-0.05, 0) is 37.1 Å². The van der Waals surface area contributed by atoms with Crippen molar-refractivity contribution < 1.29 is 19.5 Å². The summed E-state index contributed by atoms with van der Waals surface area (Å²) in [4.78, 5) is 37.4. The first-order valence-electron chi connectivity index (χ1n) is 9.72. The van der Waals surface area contributed by atoms with Gasteiger partial charge in [0.25, 0.3) is 5.91 Å². The predicted octanol–water partition coefficient (Wildman–Crippen LogP) is 2.92. The largest absolute Gasteiger partial charge is 0.481 e. The first kappa shape index (κ1) is 20.5. The highest BCUT2D eigenvalue weighted by atomic mass is 16.4. The van der Waals surface area contributed by atoms with E-state index in [4.69, 9.17) is 11.5 Å². The van der Waals surface area contributed by atoms with Crippen molar-refractivity contribution in [1.82, 2.24) is 4.90 Å². The number of nitrogens with zero attached hydrogens (tertiary/aromatic N) is 3. The average Bonchev–Trinajstić information content (AvgIpc) is 3.51. The Balaban J connectivity index is 1.46. The Morgan fingerprint density at radius 1 is 1.17 bits per heavy atom. The van der Waals surface area contributed by atoms with Crippen LogP contribution in [0.1, 0.15) is 48.9 Å². The number of piperidine rings is 1. The van der Waals surface area contributed by atoms with Gasteiger partial charge in [0.1, 0.15) is 0 Å². The second-order valence-electron chi connectivity index (χ2n) is 7.42. The lowest BCUT2D eigenvalue weighted by Gasteiger charge is -2.30. The number of carbonyl (C=O) groups excluding carboxylic acids is 2. The second-order valence-corrected chi connectivity index (χ2v) is 7.42. The number of aliphatic carboxylic acids is 1. The lowest BCUT2D eigenvalue weighted by Crippen LogP contribution is -2.40. The topological polar surface area (TPSA) is 111 Å². The first-order valence-corrected chi connectivity index (χ1v) is 9.72. The van der Waals surface area contributed by atoms with Crippen LogP contribution >= 0.6 is 0 Å². The van der Waals surface area contributed by atoms with E-state index < -0.39 is 11.6 Å². The summed E-state index contributed by atoms with van der Waals surface area (Å²) in [6.45, 7) is 0.873. The molecule has 3 rings (SSSR count). The third kappa shape index (κ3) is 5.41. The van der Waals surface area contributed by atoms with Gasteiger partial charge in [-0.15, -0.1) is 12.3 Å². The van der Waals surface area contributed by atoms with E-state index >= 15 is 0 Å². The van der Waals surface area contributed by atoms with Gasteiger partial charge in [0.2, 0.25) is 5.91 Å². The number of nitrogens with one attached hydrogen (secondary N) is 1. The molecule has 2 heterocycles. The maximum absolute atomic E-state index is 12.6. The van der Waals surface area contributed by atoms with Crippen LogP contribution in [0.5, 0.6) is 0 Å². The summed E-state index contributed by atoms with van der Waals surface area (Å²) < 4.78 is 0. The Morgan fingerprint density at radius 2 is 1.83 bits per heavy atom. The molecule has 0 atom stereocenters. The van der Waals surface area contributed by atoms with Gasteiger partial charge in [0.15, 0.2) is 5.66 Å². The van der Waals surface area contributed by atoms with Crippen molar-refractivity contribution in [2.75, 3.05) is 18.4 Å². The molecule has 0 aromatic heterocycles. The number of hydrogen-bond donors (Lipinski definition) is 2. The maximum atomic E-state index is 12.6. The molecule has 2 aliphatic rings. The third-order valence-corrected chi connectivity index (χ3v) is 5.35. The Kier molecular flexibility index (Phi) is 6.27. The molecule has 0 aliphatic carbocycles. The van der Waals surface area contributed by atoms with Crippen LogP contribution in [0.3, 0.4) is 0 Å². The maximum Gasteiger partial charge on any atom is 0.306 e. The lowest BCUT2D eigenvalue weighted by atomic mass is 9.96. The summed E-state index contributed by atoms with van der Waals surface area (Å²) in [5.74, 6) is 1.11. The minimum Gasteiger partial charge on any atom is -0.481 e. The summed E-state index contributed by atoms with van der Waals surface area (Å²) in [5.41, 5.74) is 0.646. The van der Waals surface area contributed by atoms with E-state index in [1.165, 1.54) is 0 Å². The van der Waals surface area contributed by atoms with Gasteiger partial charge in [0, 0.05) is 50.0 Å². The number of rotatable bonds is 8. The van der Waals surface area contributed by atoms with Crippen molar-refractivity contribution in [2.24, 2.45) is 16.1 Å². The number of amides is 2. The predicted molar refractivity (Wildman–Crippen MR) is 106 cm³/mol. The molecule has 152 valence electrons. The van der Waals surface area contributed by atoms with Crippen molar-refractivity contribution in [2.45, 2.75) is 44.2 Å². The molecule has 8 nitrogen and oxygen atoms in total. The molecule has 1 aromatic rings.